The van der Waals surface area contributed by atoms with Crippen LogP contribution >= 0.6 is 11.6 Å². The van der Waals surface area contributed by atoms with Crippen molar-refractivity contribution in [2.75, 3.05) is 44.2 Å². The van der Waals surface area contributed by atoms with Crippen molar-refractivity contribution in [2.24, 2.45) is 0 Å². The van der Waals surface area contributed by atoms with Crippen molar-refractivity contribution in [1.82, 2.24) is 9.80 Å². The van der Waals surface area contributed by atoms with Crippen LogP contribution in [-0.2, 0) is 0 Å². The van der Waals surface area contributed by atoms with Gasteiger partial charge in [0.2, 0.25) is 0 Å². The smallest absolute Gasteiger partial charge is 0.258 e. The average molecular weight is 416 g/mol. The van der Waals surface area contributed by atoms with Gasteiger partial charge in [-0.25, -0.2) is 4.39 Å². The number of aryl methyl sites for hydroxylation is 1. The average Bonchev–Trinajstić information content (AvgIpc) is 2.74. The zero-order valence-electron chi connectivity index (χ0n) is 16.8. The highest BCUT2D eigenvalue weighted by Crippen LogP contribution is 2.26. The SMILES string of the molecule is Cc1ccccc1N1CCN([C@H]2CCCN(C(=O)c3c(F)cccc3Cl)C2)CC1. The zero-order valence-corrected chi connectivity index (χ0v) is 17.5. The van der Waals surface area contributed by atoms with Gasteiger partial charge in [-0.3, -0.25) is 9.69 Å². The Hall–Kier alpha value is -2.11. The van der Waals surface area contributed by atoms with E-state index in [0.717, 1.165) is 39.0 Å². The van der Waals surface area contributed by atoms with Gasteiger partial charge in [0.25, 0.3) is 5.91 Å². The van der Waals surface area contributed by atoms with E-state index in [-0.39, 0.29) is 16.5 Å². The summed E-state index contributed by atoms with van der Waals surface area (Å²) in [6.45, 7) is 7.35. The van der Waals surface area contributed by atoms with Crippen LogP contribution in [0.25, 0.3) is 0 Å². The summed E-state index contributed by atoms with van der Waals surface area (Å²) in [7, 11) is 0. The van der Waals surface area contributed by atoms with Gasteiger partial charge >= 0.3 is 0 Å². The molecule has 6 heteroatoms. The third-order valence-corrected chi connectivity index (χ3v) is 6.46. The molecule has 2 aliphatic rings. The number of amides is 1. The van der Waals surface area contributed by atoms with E-state index in [9.17, 15) is 9.18 Å². The molecule has 0 radical (unpaired) electrons. The first-order valence-electron chi connectivity index (χ1n) is 10.3. The third-order valence-electron chi connectivity index (χ3n) is 6.15. The third kappa shape index (κ3) is 4.26. The molecular formula is C23H27ClFN3O. The van der Waals surface area contributed by atoms with E-state index in [1.807, 2.05) is 0 Å². The highest BCUT2D eigenvalue weighted by molar-refractivity contribution is 6.33. The fourth-order valence-electron chi connectivity index (χ4n) is 4.54. The number of nitrogens with zero attached hydrogens (tertiary/aromatic N) is 3. The van der Waals surface area contributed by atoms with Crippen molar-refractivity contribution in [3.8, 4) is 0 Å². The normalized spacial score (nSPS) is 20.7. The Balaban J connectivity index is 1.39. The molecule has 2 fully saturated rings. The van der Waals surface area contributed by atoms with Gasteiger partial charge in [0.1, 0.15) is 5.82 Å². The number of para-hydroxylation sites is 1. The highest BCUT2D eigenvalue weighted by Gasteiger charge is 2.32. The predicted octanol–water partition coefficient (Wildman–Crippen LogP) is 4.21. The van der Waals surface area contributed by atoms with Crippen molar-refractivity contribution in [3.63, 3.8) is 0 Å². The van der Waals surface area contributed by atoms with E-state index in [4.69, 9.17) is 11.6 Å². The van der Waals surface area contributed by atoms with Crippen LogP contribution in [-0.4, -0.2) is 61.0 Å². The summed E-state index contributed by atoms with van der Waals surface area (Å²) in [4.78, 5) is 19.6. The Labute approximate surface area is 176 Å². The standard InChI is InChI=1S/C23H27ClFN3O/c1-17-6-2-3-10-21(17)27-14-12-26(13-15-27)18-7-5-11-28(16-18)23(29)22-19(24)8-4-9-20(22)25/h2-4,6,8-10,18H,5,7,11-16H2,1H3/t18-/m0/s1. The van der Waals surface area contributed by atoms with Crippen LogP contribution in [0, 0.1) is 12.7 Å². The summed E-state index contributed by atoms with van der Waals surface area (Å²) >= 11 is 6.11. The van der Waals surface area contributed by atoms with E-state index < -0.39 is 5.82 Å². The van der Waals surface area contributed by atoms with Gasteiger partial charge in [0.05, 0.1) is 10.6 Å². The van der Waals surface area contributed by atoms with E-state index in [0.29, 0.717) is 19.1 Å². The molecule has 0 saturated carbocycles. The van der Waals surface area contributed by atoms with Gasteiger partial charge < -0.3 is 9.80 Å². The first kappa shape index (κ1) is 20.2. The molecule has 2 aromatic carbocycles. The Morgan fingerprint density at radius 1 is 1.03 bits per heavy atom. The molecule has 1 atom stereocenters. The second-order valence-electron chi connectivity index (χ2n) is 7.95. The van der Waals surface area contributed by atoms with Gasteiger partial charge in [-0.1, -0.05) is 35.9 Å². The van der Waals surface area contributed by atoms with Crippen molar-refractivity contribution >= 4 is 23.2 Å². The summed E-state index contributed by atoms with van der Waals surface area (Å²) in [5.74, 6) is -0.840. The summed E-state index contributed by atoms with van der Waals surface area (Å²) in [6.07, 6.45) is 2.00. The van der Waals surface area contributed by atoms with Crippen LogP contribution in [0.5, 0.6) is 0 Å². The van der Waals surface area contributed by atoms with Crippen LogP contribution in [0.4, 0.5) is 10.1 Å². The lowest BCUT2D eigenvalue weighted by atomic mass is 10.0. The van der Waals surface area contributed by atoms with Crippen molar-refractivity contribution < 1.29 is 9.18 Å². The Bertz CT molecular complexity index is 862. The molecule has 2 aromatic rings. The maximum atomic E-state index is 14.2. The quantitative estimate of drug-likeness (QED) is 0.751. The molecule has 2 saturated heterocycles. The maximum absolute atomic E-state index is 14.2. The van der Waals surface area contributed by atoms with Crippen molar-refractivity contribution in [3.05, 3.63) is 64.4 Å². The second kappa shape index (κ2) is 8.72. The number of rotatable bonds is 3. The molecule has 0 N–H and O–H groups in total. The van der Waals surface area contributed by atoms with Gasteiger partial charge in [0, 0.05) is 51.0 Å². The number of hydrogen-bond acceptors (Lipinski definition) is 3. The van der Waals surface area contributed by atoms with E-state index in [1.165, 1.54) is 23.4 Å². The molecule has 2 aliphatic heterocycles. The Morgan fingerprint density at radius 2 is 1.79 bits per heavy atom. The summed E-state index contributed by atoms with van der Waals surface area (Å²) < 4.78 is 14.2. The monoisotopic (exact) mass is 415 g/mol. The number of piperazine rings is 1. The van der Waals surface area contributed by atoms with Crippen LogP contribution in [0.15, 0.2) is 42.5 Å². The number of anilines is 1. The summed E-state index contributed by atoms with van der Waals surface area (Å²) in [5, 5.41) is 0.184. The van der Waals surface area contributed by atoms with Crippen LogP contribution in [0.2, 0.25) is 5.02 Å². The first-order chi connectivity index (χ1) is 14.0. The molecule has 0 aromatic heterocycles. The number of carbonyl (C=O) groups is 1. The van der Waals surface area contributed by atoms with Gasteiger partial charge in [0.15, 0.2) is 0 Å². The molecule has 4 nitrogen and oxygen atoms in total. The van der Waals surface area contributed by atoms with Crippen LogP contribution in [0.1, 0.15) is 28.8 Å². The molecule has 0 aliphatic carbocycles. The predicted molar refractivity (Wildman–Crippen MR) is 115 cm³/mol. The maximum Gasteiger partial charge on any atom is 0.258 e. The summed E-state index contributed by atoms with van der Waals surface area (Å²) in [5.41, 5.74) is 2.61. The molecule has 154 valence electrons. The minimum Gasteiger partial charge on any atom is -0.369 e. The number of halogens is 2. The molecule has 29 heavy (non-hydrogen) atoms. The van der Waals surface area contributed by atoms with Crippen LogP contribution < -0.4 is 4.90 Å². The van der Waals surface area contributed by atoms with E-state index in [2.05, 4.69) is 41.0 Å². The zero-order chi connectivity index (χ0) is 20.4. The lowest BCUT2D eigenvalue weighted by Crippen LogP contribution is -2.56. The number of benzene rings is 2. The van der Waals surface area contributed by atoms with Gasteiger partial charge in [-0.15, -0.1) is 0 Å². The lowest BCUT2D eigenvalue weighted by Gasteiger charge is -2.44. The Kier molecular flexibility index (Phi) is 6.07. The molecule has 0 bridgehead atoms. The summed E-state index contributed by atoms with van der Waals surface area (Å²) in [6, 6.07) is 13.2. The van der Waals surface area contributed by atoms with E-state index in [1.54, 1.807) is 11.0 Å². The highest BCUT2D eigenvalue weighted by atomic mass is 35.5. The molecule has 0 spiro atoms. The van der Waals surface area contributed by atoms with Crippen molar-refractivity contribution in [1.29, 1.82) is 0 Å². The fourth-order valence-corrected chi connectivity index (χ4v) is 4.79. The molecule has 2 heterocycles. The number of piperidine rings is 1. The fraction of sp³-hybridized carbons (Fsp3) is 0.435. The first-order valence-corrected chi connectivity index (χ1v) is 10.7. The minimum atomic E-state index is -0.545. The Morgan fingerprint density at radius 3 is 2.52 bits per heavy atom. The lowest BCUT2D eigenvalue weighted by molar-refractivity contribution is 0.0559. The molecule has 4 rings (SSSR count). The number of carbonyl (C=O) groups excluding carboxylic acids is 1. The molecular weight excluding hydrogens is 389 g/mol. The molecule has 1 amide bonds. The van der Waals surface area contributed by atoms with Crippen molar-refractivity contribution in [2.45, 2.75) is 25.8 Å². The minimum absolute atomic E-state index is 0.000751. The van der Waals surface area contributed by atoms with Gasteiger partial charge in [-0.05, 0) is 43.5 Å². The number of likely N-dealkylation sites (tertiary alicyclic amines) is 1. The topological polar surface area (TPSA) is 26.8 Å². The van der Waals surface area contributed by atoms with Crippen LogP contribution in [0.3, 0.4) is 0 Å². The number of hydrogen-bond donors (Lipinski definition) is 0. The van der Waals surface area contributed by atoms with Gasteiger partial charge in [-0.2, -0.15) is 0 Å². The largest absolute Gasteiger partial charge is 0.369 e. The van der Waals surface area contributed by atoms with E-state index >= 15 is 0 Å². The second-order valence-corrected chi connectivity index (χ2v) is 8.36. The molecule has 0 unspecified atom stereocenters.